The molecule has 8 nitrogen and oxygen atoms in total. The summed E-state index contributed by atoms with van der Waals surface area (Å²) in [6, 6.07) is 11.4. The van der Waals surface area contributed by atoms with Gasteiger partial charge in [-0.25, -0.2) is 9.97 Å². The highest BCUT2D eigenvalue weighted by atomic mass is 16.2. The van der Waals surface area contributed by atoms with E-state index in [2.05, 4.69) is 16.0 Å². The van der Waals surface area contributed by atoms with Crippen LogP contribution in [-0.4, -0.2) is 47.5 Å². The largest absolute Gasteiger partial charge is 0.334 e. The predicted molar refractivity (Wildman–Crippen MR) is 130 cm³/mol. The number of amides is 1. The second-order valence-corrected chi connectivity index (χ2v) is 9.48. The minimum Gasteiger partial charge on any atom is -0.334 e. The lowest BCUT2D eigenvalue weighted by atomic mass is 10.0. The maximum Gasteiger partial charge on any atom is 0.255 e. The Morgan fingerprint density at radius 2 is 1.66 bits per heavy atom. The van der Waals surface area contributed by atoms with Gasteiger partial charge in [0.15, 0.2) is 5.78 Å². The fourth-order valence-electron chi connectivity index (χ4n) is 5.34. The number of hydrogen-bond donors (Lipinski definition) is 0. The van der Waals surface area contributed by atoms with E-state index in [9.17, 15) is 14.4 Å². The molecule has 2 aromatic carbocycles. The number of imidazole rings is 2. The van der Waals surface area contributed by atoms with Crippen LogP contribution >= 0.6 is 0 Å². The molecule has 3 heterocycles. The van der Waals surface area contributed by atoms with E-state index in [1.54, 1.807) is 17.6 Å². The van der Waals surface area contributed by atoms with E-state index in [0.717, 1.165) is 39.1 Å². The molecule has 2 aromatic heterocycles. The van der Waals surface area contributed by atoms with E-state index in [-0.39, 0.29) is 30.3 Å². The van der Waals surface area contributed by atoms with Crippen molar-refractivity contribution in [3.63, 3.8) is 0 Å². The third-order valence-corrected chi connectivity index (χ3v) is 7.24. The van der Waals surface area contributed by atoms with E-state index in [1.807, 2.05) is 53.6 Å². The molecule has 176 valence electrons. The second kappa shape index (κ2) is 8.01. The van der Waals surface area contributed by atoms with Gasteiger partial charge in [-0.3, -0.25) is 14.4 Å². The van der Waals surface area contributed by atoms with Crippen LogP contribution < -0.4 is 0 Å². The number of hydrogen-bond acceptors (Lipinski definition) is 5. The summed E-state index contributed by atoms with van der Waals surface area (Å²) in [5.74, 6) is -0.0590. The van der Waals surface area contributed by atoms with Crippen LogP contribution in [0.5, 0.6) is 0 Å². The van der Waals surface area contributed by atoms with E-state index in [0.29, 0.717) is 24.9 Å². The van der Waals surface area contributed by atoms with Crippen molar-refractivity contribution in [2.75, 3.05) is 0 Å². The van der Waals surface area contributed by atoms with Gasteiger partial charge in [0.1, 0.15) is 5.78 Å². The Labute approximate surface area is 202 Å². The van der Waals surface area contributed by atoms with Crippen LogP contribution in [0.3, 0.4) is 0 Å². The number of carbonyl (C=O) groups excluding carboxylic acids is 3. The first-order valence-corrected chi connectivity index (χ1v) is 11.8. The quantitative estimate of drug-likeness (QED) is 0.429. The maximum atomic E-state index is 13.2. The van der Waals surface area contributed by atoms with Crippen LogP contribution in [0, 0.1) is 0 Å². The molecule has 0 spiro atoms. The lowest BCUT2D eigenvalue weighted by Crippen LogP contribution is -2.40. The molecule has 0 N–H and O–H groups in total. The number of aryl methyl sites for hydroxylation is 2. The van der Waals surface area contributed by atoms with Crippen molar-refractivity contribution in [1.82, 2.24) is 24.0 Å². The monoisotopic (exact) mass is 467 g/mol. The van der Waals surface area contributed by atoms with Gasteiger partial charge in [-0.1, -0.05) is 12.1 Å². The topological polar surface area (TPSA) is 90.1 Å². The van der Waals surface area contributed by atoms with Gasteiger partial charge in [0.05, 0.1) is 41.1 Å². The molecular weight excluding hydrogens is 442 g/mol. The minimum absolute atomic E-state index is 0.0187. The Morgan fingerprint density at radius 3 is 2.51 bits per heavy atom. The summed E-state index contributed by atoms with van der Waals surface area (Å²) in [7, 11) is 3.94. The van der Waals surface area contributed by atoms with Crippen molar-refractivity contribution < 1.29 is 14.4 Å². The number of rotatable bonds is 3. The number of benzene rings is 2. The molecule has 6 rings (SSSR count). The zero-order chi connectivity index (χ0) is 24.3. The first-order valence-electron chi connectivity index (χ1n) is 11.8. The third-order valence-electron chi connectivity index (χ3n) is 7.24. The molecule has 35 heavy (non-hydrogen) atoms. The molecule has 0 radical (unpaired) electrons. The summed E-state index contributed by atoms with van der Waals surface area (Å²) in [5, 5.41) is 0. The van der Waals surface area contributed by atoms with Crippen molar-refractivity contribution in [2.45, 2.75) is 38.3 Å². The molecule has 0 bridgehead atoms. The normalized spacial score (nSPS) is 18.4. The Hall–Kier alpha value is -4.07. The zero-order valence-corrected chi connectivity index (χ0v) is 19.7. The Balaban J connectivity index is 1.36. The summed E-state index contributed by atoms with van der Waals surface area (Å²) < 4.78 is 3.99. The van der Waals surface area contributed by atoms with E-state index < -0.39 is 6.04 Å². The molecule has 2 aliphatic rings. The number of aromatic nitrogens is 4. The fourth-order valence-corrected chi connectivity index (χ4v) is 5.34. The SMILES string of the molecule is Cn1cnc(-c2ccc3c(c2)CN(C2CCC(=O)CCC2=O)C3=O)c1-c1ccc2ncn(C)c2c1. The van der Waals surface area contributed by atoms with Crippen LogP contribution in [0.2, 0.25) is 0 Å². The van der Waals surface area contributed by atoms with Crippen LogP contribution in [0.25, 0.3) is 33.5 Å². The summed E-state index contributed by atoms with van der Waals surface area (Å²) in [6.07, 6.45) is 4.85. The number of ketones is 2. The molecule has 8 heteroatoms. The van der Waals surface area contributed by atoms with Crippen LogP contribution in [0.15, 0.2) is 49.1 Å². The number of Topliss-reactive ketones (excluding diaryl/α,β-unsaturated/α-hetero) is 2. The van der Waals surface area contributed by atoms with Crippen molar-refractivity contribution >= 4 is 28.5 Å². The van der Waals surface area contributed by atoms with Crippen molar-refractivity contribution in [3.05, 3.63) is 60.2 Å². The summed E-state index contributed by atoms with van der Waals surface area (Å²) in [5.41, 5.74) is 7.23. The molecule has 1 unspecified atom stereocenters. The molecular formula is C27H25N5O3. The lowest BCUT2D eigenvalue weighted by Gasteiger charge is -2.25. The smallest absolute Gasteiger partial charge is 0.255 e. The molecule has 1 aliphatic carbocycles. The third kappa shape index (κ3) is 3.48. The molecule has 0 saturated heterocycles. The highest BCUT2D eigenvalue weighted by molar-refractivity contribution is 6.03. The molecule has 1 atom stereocenters. The Kier molecular flexibility index (Phi) is 4.91. The highest BCUT2D eigenvalue weighted by Crippen LogP contribution is 2.36. The Morgan fingerprint density at radius 1 is 0.857 bits per heavy atom. The summed E-state index contributed by atoms with van der Waals surface area (Å²) >= 11 is 0. The average Bonchev–Trinajstić information content (AvgIpc) is 3.49. The molecule has 1 aliphatic heterocycles. The first kappa shape index (κ1) is 21.5. The fraction of sp³-hybridized carbons (Fsp3) is 0.296. The van der Waals surface area contributed by atoms with Gasteiger partial charge in [0.25, 0.3) is 5.91 Å². The van der Waals surface area contributed by atoms with Crippen LogP contribution in [0.1, 0.15) is 41.6 Å². The van der Waals surface area contributed by atoms with Gasteiger partial charge in [-0.2, -0.15) is 0 Å². The summed E-state index contributed by atoms with van der Waals surface area (Å²) in [6.45, 7) is 0.371. The first-order chi connectivity index (χ1) is 16.9. The van der Waals surface area contributed by atoms with E-state index >= 15 is 0 Å². The van der Waals surface area contributed by atoms with Gasteiger partial charge in [-0.15, -0.1) is 0 Å². The molecule has 4 aromatic rings. The maximum absolute atomic E-state index is 13.2. The Bertz CT molecular complexity index is 1530. The predicted octanol–water partition coefficient (Wildman–Crippen LogP) is 3.68. The van der Waals surface area contributed by atoms with Gasteiger partial charge in [0, 0.05) is 56.6 Å². The number of nitrogens with zero attached hydrogens (tertiary/aromatic N) is 5. The lowest BCUT2D eigenvalue weighted by molar-refractivity contribution is -0.124. The van der Waals surface area contributed by atoms with Gasteiger partial charge in [-0.05, 0) is 36.2 Å². The van der Waals surface area contributed by atoms with Crippen molar-refractivity contribution in [3.8, 4) is 22.5 Å². The number of carbonyl (C=O) groups is 3. The zero-order valence-electron chi connectivity index (χ0n) is 19.7. The second-order valence-electron chi connectivity index (χ2n) is 9.48. The number of fused-ring (bicyclic) bond motifs is 2. The van der Waals surface area contributed by atoms with Crippen LogP contribution in [-0.2, 0) is 30.2 Å². The van der Waals surface area contributed by atoms with Crippen molar-refractivity contribution in [2.24, 2.45) is 14.1 Å². The van der Waals surface area contributed by atoms with E-state index in [4.69, 9.17) is 0 Å². The molecule has 1 amide bonds. The van der Waals surface area contributed by atoms with Gasteiger partial charge in [0.2, 0.25) is 0 Å². The summed E-state index contributed by atoms with van der Waals surface area (Å²) in [4.78, 5) is 48.4. The van der Waals surface area contributed by atoms with Crippen LogP contribution in [0.4, 0.5) is 0 Å². The minimum atomic E-state index is -0.527. The molecule has 1 fully saturated rings. The standard InChI is InChI=1S/C27H25N5O3/c1-30-14-28-21-8-4-17(12-23(21)30)26-25(29-15-31(26)2)16-3-7-20-18(11-16)13-32(27(20)35)22-9-5-19(33)6-10-24(22)34/h3-4,7-8,11-12,14-15,22H,5-6,9-10,13H2,1-2H3. The van der Waals surface area contributed by atoms with Crippen molar-refractivity contribution in [1.29, 1.82) is 0 Å². The average molecular weight is 468 g/mol. The van der Waals surface area contributed by atoms with Gasteiger partial charge >= 0.3 is 0 Å². The van der Waals surface area contributed by atoms with Gasteiger partial charge < -0.3 is 14.0 Å². The highest BCUT2D eigenvalue weighted by Gasteiger charge is 2.37. The molecule has 1 saturated carbocycles. The van der Waals surface area contributed by atoms with E-state index in [1.165, 1.54) is 0 Å².